The zero-order valence-electron chi connectivity index (χ0n) is 18.9. The van der Waals surface area contributed by atoms with Crippen molar-refractivity contribution in [2.75, 3.05) is 0 Å². The van der Waals surface area contributed by atoms with Crippen molar-refractivity contribution in [1.82, 2.24) is 4.72 Å². The molecule has 0 aliphatic carbocycles. The zero-order chi connectivity index (χ0) is 22.7. The first-order valence-electron chi connectivity index (χ1n) is 10.1. The van der Waals surface area contributed by atoms with Gasteiger partial charge in [0.15, 0.2) is 14.1 Å². The van der Waals surface area contributed by atoms with E-state index in [0.29, 0.717) is 5.56 Å². The molecule has 2 atom stereocenters. The van der Waals surface area contributed by atoms with Crippen molar-refractivity contribution >= 4 is 24.1 Å². The van der Waals surface area contributed by atoms with E-state index >= 15 is 0 Å². The van der Waals surface area contributed by atoms with Gasteiger partial charge in [-0.05, 0) is 49.7 Å². The summed E-state index contributed by atoms with van der Waals surface area (Å²) in [6, 6.07) is 14.9. The van der Waals surface area contributed by atoms with Gasteiger partial charge in [-0.25, -0.2) is 13.1 Å². The highest BCUT2D eigenvalue weighted by molar-refractivity contribution is 7.89. The van der Waals surface area contributed by atoms with Crippen LogP contribution in [0.3, 0.4) is 0 Å². The molecule has 2 aromatic rings. The fourth-order valence-electron chi connectivity index (χ4n) is 2.80. The molecule has 7 heteroatoms. The van der Waals surface area contributed by atoms with Crippen molar-refractivity contribution in [1.29, 1.82) is 0 Å². The lowest BCUT2D eigenvalue weighted by molar-refractivity contribution is -0.125. The largest absolute Gasteiger partial charge is 0.405 e. The fourth-order valence-corrected chi connectivity index (χ4v) is 5.31. The van der Waals surface area contributed by atoms with Crippen LogP contribution in [0.2, 0.25) is 18.1 Å². The van der Waals surface area contributed by atoms with Crippen molar-refractivity contribution in [3.63, 3.8) is 0 Å². The van der Waals surface area contributed by atoms with E-state index in [9.17, 15) is 13.2 Å². The Balaban J connectivity index is 2.51. The maximum absolute atomic E-state index is 13.2. The Morgan fingerprint density at radius 3 is 2.00 bits per heavy atom. The first-order chi connectivity index (χ1) is 13.7. The van der Waals surface area contributed by atoms with Crippen molar-refractivity contribution < 1.29 is 17.6 Å². The van der Waals surface area contributed by atoms with E-state index in [2.05, 4.69) is 38.6 Å². The minimum Gasteiger partial charge on any atom is -0.405 e. The Labute approximate surface area is 182 Å². The third-order valence-corrected chi connectivity index (χ3v) is 11.6. The number of hydrogen-bond donors (Lipinski definition) is 1. The number of sulfonamides is 1. The molecule has 0 amide bonds. The molecule has 0 heterocycles. The molecule has 0 bridgehead atoms. The molecule has 0 aliphatic heterocycles. The minimum atomic E-state index is -3.86. The smallest absolute Gasteiger partial charge is 0.241 e. The van der Waals surface area contributed by atoms with E-state index in [-0.39, 0.29) is 15.7 Å². The van der Waals surface area contributed by atoms with Gasteiger partial charge in [0, 0.05) is 0 Å². The summed E-state index contributed by atoms with van der Waals surface area (Å²) in [7, 11) is -6.20. The quantitative estimate of drug-likeness (QED) is 0.578. The molecule has 0 aliphatic rings. The van der Waals surface area contributed by atoms with Crippen LogP contribution in [0.15, 0.2) is 59.5 Å². The number of aryl methyl sites for hydroxylation is 1. The fraction of sp³-hybridized carbons (Fsp3) is 0.435. The summed E-state index contributed by atoms with van der Waals surface area (Å²) in [5, 5.41) is -0.127. The van der Waals surface area contributed by atoms with Crippen molar-refractivity contribution in [2.24, 2.45) is 0 Å². The highest BCUT2D eigenvalue weighted by Crippen LogP contribution is 2.39. The van der Waals surface area contributed by atoms with Crippen LogP contribution in [0, 0.1) is 6.92 Å². The predicted octanol–water partition coefficient (Wildman–Crippen LogP) is 4.99. The first kappa shape index (κ1) is 24.5. The molecular formula is C23H33NO4SSi. The Morgan fingerprint density at radius 1 is 1.00 bits per heavy atom. The summed E-state index contributed by atoms with van der Waals surface area (Å²) in [6.07, 6.45) is -0.923. The van der Waals surface area contributed by atoms with E-state index < -0.39 is 30.5 Å². The molecular weight excluding hydrogens is 414 g/mol. The SMILES string of the molecule is CC(=O)[C@H](O[Si](C)(C)C(C)(C)C)[C@H](NS(=O)(=O)c1ccc(C)cc1)c1ccccc1. The molecule has 0 radical (unpaired) electrons. The molecule has 0 spiro atoms. The van der Waals surface area contributed by atoms with E-state index in [4.69, 9.17) is 4.43 Å². The molecule has 0 saturated carbocycles. The van der Waals surface area contributed by atoms with Crippen LogP contribution in [0.5, 0.6) is 0 Å². The number of Topliss-reactive ketones (excluding diaryl/α,β-unsaturated/α-hetero) is 1. The minimum absolute atomic E-state index is 0.127. The van der Waals surface area contributed by atoms with Crippen LogP contribution < -0.4 is 4.72 Å². The second-order valence-corrected chi connectivity index (χ2v) is 15.7. The van der Waals surface area contributed by atoms with Crippen LogP contribution in [0.1, 0.15) is 44.9 Å². The van der Waals surface area contributed by atoms with Crippen LogP contribution in [0.25, 0.3) is 0 Å². The molecule has 0 aromatic heterocycles. The molecule has 164 valence electrons. The van der Waals surface area contributed by atoms with E-state index in [0.717, 1.165) is 5.56 Å². The summed E-state index contributed by atoms with van der Waals surface area (Å²) in [6.45, 7) is 13.7. The number of ketones is 1. The lowest BCUT2D eigenvalue weighted by Crippen LogP contribution is -2.50. The van der Waals surface area contributed by atoms with Gasteiger partial charge in [0.25, 0.3) is 0 Å². The van der Waals surface area contributed by atoms with Crippen molar-refractivity contribution in [3.8, 4) is 0 Å². The number of nitrogens with one attached hydrogen (secondary N) is 1. The standard InChI is InChI=1S/C23H33NO4SSi/c1-17-13-15-20(16-14-17)29(26,27)24-21(19-11-9-8-10-12-19)22(18(2)25)28-30(6,7)23(3,4)5/h8-16,21-22,24H,1-7H3/t21-,22+/m1/s1. The highest BCUT2D eigenvalue weighted by atomic mass is 32.2. The van der Waals surface area contributed by atoms with Gasteiger partial charge in [0.05, 0.1) is 10.9 Å². The average Bonchev–Trinajstić information content (AvgIpc) is 2.64. The number of rotatable bonds is 8. The van der Waals surface area contributed by atoms with E-state index in [1.807, 2.05) is 37.3 Å². The number of benzene rings is 2. The average molecular weight is 448 g/mol. The predicted molar refractivity (Wildman–Crippen MR) is 123 cm³/mol. The van der Waals surface area contributed by atoms with Gasteiger partial charge < -0.3 is 4.43 Å². The Kier molecular flexibility index (Phi) is 7.45. The molecule has 2 aromatic carbocycles. The summed E-state index contributed by atoms with van der Waals surface area (Å²) in [5.74, 6) is -0.208. The van der Waals surface area contributed by atoms with Gasteiger partial charge in [-0.3, -0.25) is 4.79 Å². The van der Waals surface area contributed by atoms with Gasteiger partial charge in [-0.15, -0.1) is 0 Å². The maximum Gasteiger partial charge on any atom is 0.241 e. The third-order valence-electron chi connectivity index (χ3n) is 5.70. The summed E-state index contributed by atoms with van der Waals surface area (Å²) in [4.78, 5) is 12.8. The third kappa shape index (κ3) is 5.88. The number of hydrogen-bond acceptors (Lipinski definition) is 4. The molecule has 0 unspecified atom stereocenters. The topological polar surface area (TPSA) is 72.5 Å². The lowest BCUT2D eigenvalue weighted by atomic mass is 10.0. The van der Waals surface area contributed by atoms with E-state index in [1.54, 1.807) is 24.3 Å². The molecule has 2 rings (SSSR count). The zero-order valence-corrected chi connectivity index (χ0v) is 20.7. The van der Waals surface area contributed by atoms with Gasteiger partial charge in [-0.1, -0.05) is 68.8 Å². The summed E-state index contributed by atoms with van der Waals surface area (Å²) in [5.41, 5.74) is 1.66. The van der Waals surface area contributed by atoms with Gasteiger partial charge in [-0.2, -0.15) is 0 Å². The van der Waals surface area contributed by atoms with Crippen LogP contribution in [-0.2, 0) is 19.2 Å². The normalized spacial score (nSPS) is 14.9. The van der Waals surface area contributed by atoms with Crippen molar-refractivity contribution in [2.45, 2.75) is 69.8 Å². The van der Waals surface area contributed by atoms with E-state index in [1.165, 1.54) is 6.92 Å². The Bertz CT molecular complexity index is 965. The number of carbonyl (C=O) groups is 1. The molecule has 0 fully saturated rings. The Morgan fingerprint density at radius 2 is 1.53 bits per heavy atom. The second-order valence-electron chi connectivity index (χ2n) is 9.23. The lowest BCUT2D eigenvalue weighted by Gasteiger charge is -2.40. The van der Waals surface area contributed by atoms with Gasteiger partial charge >= 0.3 is 0 Å². The van der Waals surface area contributed by atoms with Crippen LogP contribution in [0.4, 0.5) is 0 Å². The monoisotopic (exact) mass is 447 g/mol. The summed E-state index contributed by atoms with van der Waals surface area (Å²) < 4.78 is 35.5. The molecule has 30 heavy (non-hydrogen) atoms. The van der Waals surface area contributed by atoms with Gasteiger partial charge in [0.2, 0.25) is 10.0 Å². The number of carbonyl (C=O) groups excluding carboxylic acids is 1. The second kappa shape index (κ2) is 9.14. The molecule has 0 saturated heterocycles. The molecule has 5 nitrogen and oxygen atoms in total. The van der Waals surface area contributed by atoms with Crippen LogP contribution in [-0.4, -0.2) is 28.6 Å². The van der Waals surface area contributed by atoms with Crippen LogP contribution >= 0.6 is 0 Å². The van der Waals surface area contributed by atoms with Crippen molar-refractivity contribution in [3.05, 3.63) is 65.7 Å². The Hall–Kier alpha value is -1.80. The van der Waals surface area contributed by atoms with Gasteiger partial charge in [0.1, 0.15) is 6.10 Å². The first-order valence-corrected chi connectivity index (χ1v) is 14.5. The maximum atomic E-state index is 13.2. The summed E-state index contributed by atoms with van der Waals surface area (Å²) >= 11 is 0. The highest BCUT2D eigenvalue weighted by Gasteiger charge is 2.43. The molecule has 1 N–H and O–H groups in total.